The molecule has 0 aliphatic heterocycles. The summed E-state index contributed by atoms with van der Waals surface area (Å²) in [5.41, 5.74) is 0. The van der Waals surface area contributed by atoms with E-state index < -0.39 is 0 Å². The van der Waals surface area contributed by atoms with Gasteiger partial charge in [-0.05, 0) is 38.5 Å². The molecule has 0 radical (unpaired) electrons. The molecule has 2 fully saturated rings. The van der Waals surface area contributed by atoms with E-state index in [1.807, 2.05) is 0 Å². The van der Waals surface area contributed by atoms with Crippen molar-refractivity contribution in [1.29, 1.82) is 0 Å². The van der Waals surface area contributed by atoms with Gasteiger partial charge in [0.25, 0.3) is 0 Å². The average molecular weight is 253 g/mol. The van der Waals surface area contributed by atoms with Gasteiger partial charge in [0.1, 0.15) is 0 Å². The van der Waals surface area contributed by atoms with E-state index in [-0.39, 0.29) is 0 Å². The van der Waals surface area contributed by atoms with E-state index in [9.17, 15) is 0 Å². The first-order valence-electron chi connectivity index (χ1n) is 8.16. The van der Waals surface area contributed by atoms with Gasteiger partial charge in [-0.1, -0.05) is 39.0 Å². The minimum absolute atomic E-state index is 0.381. The molecule has 0 bridgehead atoms. The Morgan fingerprint density at radius 1 is 1.11 bits per heavy atom. The minimum Gasteiger partial charge on any atom is -0.374 e. The molecular formula is C16H31NO. The van der Waals surface area contributed by atoms with Gasteiger partial charge in [-0.15, -0.1) is 0 Å². The number of nitrogens with one attached hydrogen (secondary N) is 1. The van der Waals surface area contributed by atoms with Crippen LogP contribution in [0.1, 0.15) is 71.6 Å². The van der Waals surface area contributed by atoms with Gasteiger partial charge >= 0.3 is 0 Å². The summed E-state index contributed by atoms with van der Waals surface area (Å²) in [5, 5.41) is 3.67. The molecule has 0 aromatic heterocycles. The summed E-state index contributed by atoms with van der Waals surface area (Å²) in [4.78, 5) is 0. The highest BCUT2D eigenvalue weighted by atomic mass is 16.5. The molecule has 3 atom stereocenters. The Morgan fingerprint density at radius 3 is 2.61 bits per heavy atom. The van der Waals surface area contributed by atoms with Crippen molar-refractivity contribution in [2.24, 2.45) is 5.92 Å². The fourth-order valence-electron chi connectivity index (χ4n) is 3.58. The van der Waals surface area contributed by atoms with Crippen LogP contribution in [0.25, 0.3) is 0 Å². The van der Waals surface area contributed by atoms with Crippen molar-refractivity contribution < 1.29 is 4.74 Å². The Morgan fingerprint density at radius 2 is 1.89 bits per heavy atom. The van der Waals surface area contributed by atoms with Crippen molar-refractivity contribution >= 4 is 0 Å². The van der Waals surface area contributed by atoms with Gasteiger partial charge in [0.05, 0.1) is 12.2 Å². The fraction of sp³-hybridized carbons (Fsp3) is 1.00. The van der Waals surface area contributed by atoms with Gasteiger partial charge < -0.3 is 10.1 Å². The molecule has 2 saturated carbocycles. The van der Waals surface area contributed by atoms with Crippen LogP contribution in [-0.2, 0) is 4.74 Å². The van der Waals surface area contributed by atoms with Crippen LogP contribution in [-0.4, -0.2) is 24.8 Å². The van der Waals surface area contributed by atoms with Crippen LogP contribution in [0.3, 0.4) is 0 Å². The second-order valence-electron chi connectivity index (χ2n) is 6.40. The molecule has 0 aromatic carbocycles. The Hall–Kier alpha value is -0.0800. The molecule has 0 heterocycles. The molecule has 2 rings (SSSR count). The predicted octanol–water partition coefficient (Wildman–Crippen LogP) is 3.89. The first-order chi connectivity index (χ1) is 8.78. The van der Waals surface area contributed by atoms with Gasteiger partial charge in [0.2, 0.25) is 0 Å². The van der Waals surface area contributed by atoms with Gasteiger partial charge in [0, 0.05) is 12.6 Å². The third kappa shape index (κ3) is 4.55. The molecule has 0 spiro atoms. The summed E-state index contributed by atoms with van der Waals surface area (Å²) in [6.45, 7) is 5.59. The fourth-order valence-corrected chi connectivity index (χ4v) is 3.58. The number of hydrogen-bond donors (Lipinski definition) is 1. The highest BCUT2D eigenvalue weighted by molar-refractivity contribution is 4.76. The van der Waals surface area contributed by atoms with Crippen molar-refractivity contribution in [2.45, 2.75) is 89.9 Å². The van der Waals surface area contributed by atoms with Gasteiger partial charge in [0.15, 0.2) is 0 Å². The van der Waals surface area contributed by atoms with E-state index in [0.717, 1.165) is 18.5 Å². The molecule has 106 valence electrons. The second kappa shape index (κ2) is 7.49. The molecule has 2 aliphatic carbocycles. The summed E-state index contributed by atoms with van der Waals surface area (Å²) in [5.74, 6) is 0.916. The largest absolute Gasteiger partial charge is 0.374 e. The van der Waals surface area contributed by atoms with E-state index in [0.29, 0.717) is 12.2 Å². The molecule has 2 heteroatoms. The Bertz CT molecular complexity index is 225. The summed E-state index contributed by atoms with van der Waals surface area (Å²) >= 11 is 0. The van der Waals surface area contributed by atoms with Crippen LogP contribution in [0.2, 0.25) is 0 Å². The highest BCUT2D eigenvalue weighted by Crippen LogP contribution is 2.29. The summed E-state index contributed by atoms with van der Waals surface area (Å²) in [6.07, 6.45) is 13.2. The van der Waals surface area contributed by atoms with E-state index in [1.54, 1.807) is 0 Å². The van der Waals surface area contributed by atoms with Crippen molar-refractivity contribution in [3.8, 4) is 0 Å². The van der Waals surface area contributed by atoms with Gasteiger partial charge in [-0.25, -0.2) is 0 Å². The lowest BCUT2D eigenvalue weighted by molar-refractivity contribution is -0.0322. The molecule has 2 nitrogen and oxygen atoms in total. The summed E-state index contributed by atoms with van der Waals surface area (Å²) < 4.78 is 6.22. The molecule has 0 amide bonds. The molecule has 0 saturated heterocycles. The van der Waals surface area contributed by atoms with E-state index in [1.165, 1.54) is 57.8 Å². The van der Waals surface area contributed by atoms with Crippen LogP contribution in [0, 0.1) is 5.92 Å². The predicted molar refractivity (Wildman–Crippen MR) is 76.8 cm³/mol. The summed E-state index contributed by atoms with van der Waals surface area (Å²) in [6, 6.07) is 0.769. The molecular weight excluding hydrogens is 222 g/mol. The lowest BCUT2D eigenvalue weighted by Crippen LogP contribution is -2.36. The molecule has 18 heavy (non-hydrogen) atoms. The van der Waals surface area contributed by atoms with Crippen LogP contribution >= 0.6 is 0 Å². The Balaban J connectivity index is 1.61. The van der Waals surface area contributed by atoms with Crippen LogP contribution in [0.4, 0.5) is 0 Å². The van der Waals surface area contributed by atoms with Crippen LogP contribution < -0.4 is 5.32 Å². The maximum Gasteiger partial charge on any atom is 0.0675 e. The minimum atomic E-state index is 0.381. The monoisotopic (exact) mass is 253 g/mol. The van der Waals surface area contributed by atoms with Crippen molar-refractivity contribution in [2.75, 3.05) is 6.54 Å². The number of rotatable bonds is 6. The number of ether oxygens (including phenoxy) is 1. The molecule has 3 unspecified atom stereocenters. The van der Waals surface area contributed by atoms with E-state index in [2.05, 4.69) is 19.2 Å². The van der Waals surface area contributed by atoms with E-state index >= 15 is 0 Å². The van der Waals surface area contributed by atoms with Crippen LogP contribution in [0.15, 0.2) is 0 Å². The SMILES string of the molecule is CCC1CCCC(OC(C)CNC2CCCC2)C1. The van der Waals surface area contributed by atoms with Crippen molar-refractivity contribution in [3.05, 3.63) is 0 Å². The Labute approximate surface area is 113 Å². The number of hydrogen-bond acceptors (Lipinski definition) is 2. The first kappa shape index (κ1) is 14.3. The van der Waals surface area contributed by atoms with Crippen molar-refractivity contribution in [1.82, 2.24) is 5.32 Å². The standard InChI is InChI=1S/C16H31NO/c1-3-14-7-6-10-16(11-14)18-13(2)12-17-15-8-4-5-9-15/h13-17H,3-12H2,1-2H3. The Kier molecular flexibility index (Phi) is 5.97. The quantitative estimate of drug-likeness (QED) is 0.775. The summed E-state index contributed by atoms with van der Waals surface area (Å²) in [7, 11) is 0. The maximum atomic E-state index is 6.22. The zero-order valence-corrected chi connectivity index (χ0v) is 12.3. The van der Waals surface area contributed by atoms with Gasteiger partial charge in [-0.2, -0.15) is 0 Å². The zero-order chi connectivity index (χ0) is 12.8. The third-order valence-electron chi connectivity index (χ3n) is 4.79. The maximum absolute atomic E-state index is 6.22. The topological polar surface area (TPSA) is 21.3 Å². The smallest absolute Gasteiger partial charge is 0.0675 e. The van der Waals surface area contributed by atoms with Crippen molar-refractivity contribution in [3.63, 3.8) is 0 Å². The van der Waals surface area contributed by atoms with E-state index in [4.69, 9.17) is 4.74 Å². The zero-order valence-electron chi connectivity index (χ0n) is 12.3. The molecule has 1 N–H and O–H groups in total. The third-order valence-corrected chi connectivity index (χ3v) is 4.79. The van der Waals surface area contributed by atoms with Crippen LogP contribution in [0.5, 0.6) is 0 Å². The molecule has 2 aliphatic rings. The molecule has 0 aromatic rings. The lowest BCUT2D eigenvalue weighted by Gasteiger charge is -2.31. The first-order valence-corrected chi connectivity index (χ1v) is 8.16. The second-order valence-corrected chi connectivity index (χ2v) is 6.40. The average Bonchev–Trinajstić information content (AvgIpc) is 2.90. The lowest BCUT2D eigenvalue weighted by atomic mass is 9.85. The van der Waals surface area contributed by atoms with Gasteiger partial charge in [-0.3, -0.25) is 0 Å². The highest BCUT2D eigenvalue weighted by Gasteiger charge is 2.23. The normalized spacial score (nSPS) is 31.7.